The lowest BCUT2D eigenvalue weighted by atomic mass is 9.91. The fourth-order valence-electron chi connectivity index (χ4n) is 2.56. The summed E-state index contributed by atoms with van der Waals surface area (Å²) in [4.78, 5) is 2.10. The number of nitrogens with zero attached hydrogens (tertiary/aromatic N) is 3. The Morgan fingerprint density at radius 1 is 1.50 bits per heavy atom. The van der Waals surface area contributed by atoms with E-state index in [2.05, 4.69) is 10.00 Å². The summed E-state index contributed by atoms with van der Waals surface area (Å²) in [7, 11) is 5.66. The molecule has 1 fully saturated rings. The highest BCUT2D eigenvalue weighted by atomic mass is 16.5. The highest BCUT2D eigenvalue weighted by Gasteiger charge is 2.29. The molecule has 0 amide bonds. The van der Waals surface area contributed by atoms with E-state index in [4.69, 9.17) is 9.47 Å². The van der Waals surface area contributed by atoms with Gasteiger partial charge in [0.2, 0.25) is 0 Å². The van der Waals surface area contributed by atoms with E-state index in [1.807, 2.05) is 18.8 Å². The molecule has 0 aromatic carbocycles. The molecular formula is C14H25N3O3. The van der Waals surface area contributed by atoms with Crippen LogP contribution >= 0.6 is 0 Å². The molecule has 0 aliphatic carbocycles. The van der Waals surface area contributed by atoms with E-state index < -0.39 is 6.10 Å². The SMILES string of the molecule is COc1cnn(CCN(C)C)c1C(O)C1CCOCC1. The second kappa shape index (κ2) is 7.06. The molecule has 2 heterocycles. The molecule has 0 radical (unpaired) electrons. The van der Waals surface area contributed by atoms with Crippen LogP contribution < -0.4 is 4.74 Å². The second-order valence-electron chi connectivity index (χ2n) is 5.52. The van der Waals surface area contributed by atoms with Crippen molar-refractivity contribution in [3.8, 4) is 5.75 Å². The van der Waals surface area contributed by atoms with E-state index in [-0.39, 0.29) is 5.92 Å². The highest BCUT2D eigenvalue weighted by molar-refractivity contribution is 5.27. The smallest absolute Gasteiger partial charge is 0.162 e. The Morgan fingerprint density at radius 2 is 2.20 bits per heavy atom. The molecule has 20 heavy (non-hydrogen) atoms. The van der Waals surface area contributed by atoms with Gasteiger partial charge in [-0.15, -0.1) is 0 Å². The molecule has 1 atom stereocenters. The number of aliphatic hydroxyl groups is 1. The van der Waals surface area contributed by atoms with Crippen LogP contribution in [0.25, 0.3) is 0 Å². The maximum atomic E-state index is 10.7. The first kappa shape index (κ1) is 15.3. The predicted molar refractivity (Wildman–Crippen MR) is 75.8 cm³/mol. The van der Waals surface area contributed by atoms with Crippen LogP contribution in [0.1, 0.15) is 24.6 Å². The maximum absolute atomic E-state index is 10.7. The first-order valence-corrected chi connectivity index (χ1v) is 7.13. The van der Waals surface area contributed by atoms with Crippen LogP contribution in [0.2, 0.25) is 0 Å². The van der Waals surface area contributed by atoms with Gasteiger partial charge < -0.3 is 19.5 Å². The second-order valence-corrected chi connectivity index (χ2v) is 5.52. The van der Waals surface area contributed by atoms with E-state index in [0.717, 1.165) is 44.8 Å². The van der Waals surface area contributed by atoms with Gasteiger partial charge in [-0.3, -0.25) is 4.68 Å². The zero-order chi connectivity index (χ0) is 14.5. The average Bonchev–Trinajstić information content (AvgIpc) is 2.88. The van der Waals surface area contributed by atoms with Crippen LogP contribution in [0.5, 0.6) is 5.75 Å². The standard InChI is InChI=1S/C14H25N3O3/c1-16(2)6-7-17-13(12(19-3)10-15-17)14(18)11-4-8-20-9-5-11/h10-11,14,18H,4-9H2,1-3H3. The quantitative estimate of drug-likeness (QED) is 0.841. The van der Waals surface area contributed by atoms with Crippen molar-refractivity contribution in [3.63, 3.8) is 0 Å². The van der Waals surface area contributed by atoms with Gasteiger partial charge in [0.15, 0.2) is 5.75 Å². The summed E-state index contributed by atoms with van der Waals surface area (Å²) in [5.74, 6) is 0.884. The van der Waals surface area contributed by atoms with Gasteiger partial charge in [-0.05, 0) is 32.9 Å². The Labute approximate surface area is 120 Å². The lowest BCUT2D eigenvalue weighted by molar-refractivity contribution is 0.00282. The van der Waals surface area contributed by atoms with Gasteiger partial charge in [-0.25, -0.2) is 0 Å². The zero-order valence-electron chi connectivity index (χ0n) is 12.6. The van der Waals surface area contributed by atoms with Crippen molar-refractivity contribution in [1.29, 1.82) is 0 Å². The number of rotatable bonds is 6. The monoisotopic (exact) mass is 283 g/mol. The molecular weight excluding hydrogens is 258 g/mol. The van der Waals surface area contributed by atoms with Gasteiger partial charge in [0.05, 0.1) is 19.9 Å². The van der Waals surface area contributed by atoms with Crippen molar-refractivity contribution >= 4 is 0 Å². The molecule has 1 aromatic heterocycles. The largest absolute Gasteiger partial charge is 0.493 e. The predicted octanol–water partition coefficient (Wildman–Crippen LogP) is 0.913. The lowest BCUT2D eigenvalue weighted by Gasteiger charge is -2.27. The molecule has 0 saturated carbocycles. The van der Waals surface area contributed by atoms with E-state index in [1.165, 1.54) is 0 Å². The molecule has 0 bridgehead atoms. The first-order chi connectivity index (χ1) is 9.63. The zero-order valence-corrected chi connectivity index (χ0v) is 12.6. The van der Waals surface area contributed by atoms with Crippen LogP contribution in [-0.2, 0) is 11.3 Å². The number of likely N-dealkylation sites (N-methyl/N-ethyl adjacent to an activating group) is 1. The summed E-state index contributed by atoms with van der Waals surface area (Å²) in [6.45, 7) is 3.05. The number of hydrogen-bond acceptors (Lipinski definition) is 5. The summed E-state index contributed by atoms with van der Waals surface area (Å²) in [5, 5.41) is 15.0. The number of hydrogen-bond donors (Lipinski definition) is 1. The van der Waals surface area contributed by atoms with Gasteiger partial charge in [0.1, 0.15) is 11.8 Å². The minimum Gasteiger partial charge on any atom is -0.493 e. The molecule has 0 spiro atoms. The summed E-state index contributed by atoms with van der Waals surface area (Å²) >= 11 is 0. The molecule has 1 saturated heterocycles. The van der Waals surface area contributed by atoms with Crippen molar-refractivity contribution in [3.05, 3.63) is 11.9 Å². The Kier molecular flexibility index (Phi) is 5.39. The third kappa shape index (κ3) is 3.50. The van der Waals surface area contributed by atoms with Crippen molar-refractivity contribution in [2.24, 2.45) is 5.92 Å². The van der Waals surface area contributed by atoms with E-state index >= 15 is 0 Å². The lowest BCUT2D eigenvalue weighted by Crippen LogP contribution is -2.26. The summed E-state index contributed by atoms with van der Waals surface area (Å²) in [6.07, 6.45) is 2.90. The van der Waals surface area contributed by atoms with Crippen LogP contribution in [0.15, 0.2) is 6.20 Å². The topological polar surface area (TPSA) is 59.8 Å². The average molecular weight is 283 g/mol. The van der Waals surface area contributed by atoms with E-state index in [0.29, 0.717) is 5.75 Å². The van der Waals surface area contributed by atoms with Crippen molar-refractivity contribution < 1.29 is 14.6 Å². The molecule has 1 aromatic rings. The summed E-state index contributed by atoms with van der Waals surface area (Å²) in [5.41, 5.74) is 0.793. The number of methoxy groups -OCH3 is 1. The van der Waals surface area contributed by atoms with Crippen LogP contribution in [-0.4, -0.2) is 60.8 Å². The molecule has 1 unspecified atom stereocenters. The Bertz CT molecular complexity index is 414. The molecule has 6 nitrogen and oxygen atoms in total. The third-order valence-corrected chi connectivity index (χ3v) is 3.82. The number of aromatic nitrogens is 2. The molecule has 1 aliphatic rings. The Morgan fingerprint density at radius 3 is 2.80 bits per heavy atom. The Hall–Kier alpha value is -1.11. The van der Waals surface area contributed by atoms with Crippen molar-refractivity contribution in [2.45, 2.75) is 25.5 Å². The Balaban J connectivity index is 2.16. The fourth-order valence-corrected chi connectivity index (χ4v) is 2.56. The molecule has 114 valence electrons. The van der Waals surface area contributed by atoms with Gasteiger partial charge in [-0.2, -0.15) is 5.10 Å². The summed E-state index contributed by atoms with van der Waals surface area (Å²) in [6, 6.07) is 0. The maximum Gasteiger partial charge on any atom is 0.162 e. The molecule has 1 aliphatic heterocycles. The molecule has 6 heteroatoms. The minimum absolute atomic E-state index is 0.215. The molecule has 2 rings (SSSR count). The third-order valence-electron chi connectivity index (χ3n) is 3.82. The van der Waals surface area contributed by atoms with Gasteiger partial charge >= 0.3 is 0 Å². The normalized spacial score (nSPS) is 18.4. The molecule has 1 N–H and O–H groups in total. The first-order valence-electron chi connectivity index (χ1n) is 7.13. The van der Waals surface area contributed by atoms with Crippen LogP contribution in [0.4, 0.5) is 0 Å². The van der Waals surface area contributed by atoms with E-state index in [9.17, 15) is 5.11 Å². The summed E-state index contributed by atoms with van der Waals surface area (Å²) < 4.78 is 12.6. The van der Waals surface area contributed by atoms with Crippen molar-refractivity contribution in [2.75, 3.05) is 41.0 Å². The van der Waals surface area contributed by atoms with Gasteiger partial charge in [0, 0.05) is 19.8 Å². The van der Waals surface area contributed by atoms with E-state index in [1.54, 1.807) is 13.3 Å². The van der Waals surface area contributed by atoms with Crippen LogP contribution in [0.3, 0.4) is 0 Å². The van der Waals surface area contributed by atoms with Crippen molar-refractivity contribution in [1.82, 2.24) is 14.7 Å². The fraction of sp³-hybridized carbons (Fsp3) is 0.786. The van der Waals surface area contributed by atoms with Gasteiger partial charge in [0.25, 0.3) is 0 Å². The van der Waals surface area contributed by atoms with Gasteiger partial charge in [-0.1, -0.05) is 0 Å². The van der Waals surface area contributed by atoms with Crippen LogP contribution in [0, 0.1) is 5.92 Å². The number of aliphatic hydroxyl groups excluding tert-OH is 1. The highest BCUT2D eigenvalue weighted by Crippen LogP contribution is 2.34. The number of ether oxygens (including phenoxy) is 2. The minimum atomic E-state index is -0.543.